The van der Waals surface area contributed by atoms with Crippen molar-refractivity contribution in [3.05, 3.63) is 72.6 Å². The van der Waals surface area contributed by atoms with Gasteiger partial charge in [0.05, 0.1) is 28.6 Å². The van der Waals surface area contributed by atoms with Gasteiger partial charge in [0.25, 0.3) is 5.91 Å². The molecule has 5 rings (SSSR count). The molecule has 0 radical (unpaired) electrons. The van der Waals surface area contributed by atoms with E-state index in [0.717, 1.165) is 42.7 Å². The third-order valence-electron chi connectivity index (χ3n) is 5.80. The Balaban J connectivity index is 1.34. The van der Waals surface area contributed by atoms with E-state index >= 15 is 0 Å². The van der Waals surface area contributed by atoms with Crippen molar-refractivity contribution in [2.24, 2.45) is 0 Å². The van der Waals surface area contributed by atoms with Gasteiger partial charge < -0.3 is 26.3 Å². The minimum Gasteiger partial charge on any atom is -0.382 e. The number of rotatable bonds is 5. The average Bonchev–Trinajstić information content (AvgIpc) is 3.07. The van der Waals surface area contributed by atoms with Crippen molar-refractivity contribution >= 4 is 34.4 Å². The van der Waals surface area contributed by atoms with E-state index in [2.05, 4.69) is 37.1 Å². The molecule has 4 aromatic rings. The van der Waals surface area contributed by atoms with Gasteiger partial charge in [-0.3, -0.25) is 4.79 Å². The monoisotopic (exact) mass is 454 g/mol. The molecule has 2 aromatic heterocycles. The van der Waals surface area contributed by atoms with Crippen LogP contribution < -0.4 is 16.4 Å². The first-order valence-electron chi connectivity index (χ1n) is 11.2. The molecule has 1 saturated heterocycles. The number of amides is 1. The van der Waals surface area contributed by atoms with Gasteiger partial charge >= 0.3 is 0 Å². The largest absolute Gasteiger partial charge is 0.382 e. The second kappa shape index (κ2) is 9.32. The Hall–Kier alpha value is -4.24. The summed E-state index contributed by atoms with van der Waals surface area (Å²) >= 11 is 0. The van der Waals surface area contributed by atoms with Crippen LogP contribution >= 0.6 is 0 Å². The molecule has 2 aromatic carbocycles. The molecule has 1 aliphatic rings. The van der Waals surface area contributed by atoms with Gasteiger partial charge in [0, 0.05) is 30.8 Å². The summed E-state index contributed by atoms with van der Waals surface area (Å²) in [4.78, 5) is 31.4. The summed E-state index contributed by atoms with van der Waals surface area (Å²) in [5.41, 5.74) is 10.9. The second-order valence-corrected chi connectivity index (χ2v) is 8.17. The van der Waals surface area contributed by atoms with Crippen molar-refractivity contribution in [2.75, 3.05) is 37.2 Å². The highest BCUT2D eigenvalue weighted by molar-refractivity contribution is 5.94. The molecule has 9 nitrogen and oxygen atoms in total. The number of nitrogens with zero attached hydrogens (tertiary/aromatic N) is 4. The van der Waals surface area contributed by atoms with Crippen molar-refractivity contribution in [1.82, 2.24) is 30.2 Å². The summed E-state index contributed by atoms with van der Waals surface area (Å²) in [5, 5.41) is 6.45. The van der Waals surface area contributed by atoms with Crippen LogP contribution in [0.15, 0.2) is 61.3 Å². The molecule has 3 heterocycles. The fourth-order valence-corrected chi connectivity index (χ4v) is 3.99. The van der Waals surface area contributed by atoms with Crippen molar-refractivity contribution in [1.29, 1.82) is 0 Å². The Morgan fingerprint density at radius 2 is 1.88 bits per heavy atom. The van der Waals surface area contributed by atoms with Crippen molar-refractivity contribution in [2.45, 2.75) is 6.42 Å². The third kappa shape index (κ3) is 4.46. The summed E-state index contributed by atoms with van der Waals surface area (Å²) in [6, 6.07) is 15.2. The van der Waals surface area contributed by atoms with Gasteiger partial charge in [-0.15, -0.1) is 0 Å². The molecule has 5 N–H and O–H groups in total. The highest BCUT2D eigenvalue weighted by atomic mass is 16.2. The Bertz CT molecular complexity index is 1300. The second-order valence-electron chi connectivity index (χ2n) is 8.17. The SMILES string of the molecule is C=C(Nc1nc2ccccc2[nH]1)c1nc(-c2ccc(C(=O)N3CCCNCC3)cc2)cnc1N. The van der Waals surface area contributed by atoms with Crippen molar-refractivity contribution in [3.8, 4) is 11.3 Å². The zero-order valence-corrected chi connectivity index (χ0v) is 18.7. The maximum Gasteiger partial charge on any atom is 0.253 e. The van der Waals surface area contributed by atoms with Crippen molar-refractivity contribution < 1.29 is 4.79 Å². The number of nitrogens with one attached hydrogen (secondary N) is 3. The molecule has 0 aliphatic carbocycles. The molecule has 172 valence electrons. The summed E-state index contributed by atoms with van der Waals surface area (Å²) in [7, 11) is 0. The summed E-state index contributed by atoms with van der Waals surface area (Å²) in [5.74, 6) is 0.853. The van der Waals surface area contributed by atoms with Gasteiger partial charge in [-0.25, -0.2) is 15.0 Å². The highest BCUT2D eigenvalue weighted by Crippen LogP contribution is 2.24. The number of imidazole rings is 1. The van der Waals surface area contributed by atoms with Gasteiger partial charge in [0.15, 0.2) is 5.82 Å². The molecule has 1 fully saturated rings. The van der Waals surface area contributed by atoms with E-state index < -0.39 is 0 Å². The minimum absolute atomic E-state index is 0.0442. The fourth-order valence-electron chi connectivity index (χ4n) is 3.99. The van der Waals surface area contributed by atoms with Crippen LogP contribution in [-0.4, -0.2) is 56.9 Å². The molecule has 0 atom stereocenters. The van der Waals surface area contributed by atoms with Crippen LogP contribution in [0.4, 0.5) is 11.8 Å². The number of carbonyl (C=O) groups excluding carboxylic acids is 1. The van der Waals surface area contributed by atoms with Crippen LogP contribution in [0.5, 0.6) is 0 Å². The van der Waals surface area contributed by atoms with Crippen LogP contribution in [0.2, 0.25) is 0 Å². The van der Waals surface area contributed by atoms with E-state index in [4.69, 9.17) is 5.73 Å². The number of hydrogen-bond donors (Lipinski definition) is 4. The number of aromatic amines is 1. The summed E-state index contributed by atoms with van der Waals surface area (Å²) in [6.07, 6.45) is 2.57. The van der Waals surface area contributed by atoms with E-state index in [9.17, 15) is 4.79 Å². The quantitative estimate of drug-likeness (QED) is 0.365. The normalized spacial score (nSPS) is 14.1. The Kier molecular flexibility index (Phi) is 5.92. The molecule has 0 spiro atoms. The first-order valence-corrected chi connectivity index (χ1v) is 11.2. The van der Waals surface area contributed by atoms with Crippen LogP contribution in [0.1, 0.15) is 22.5 Å². The van der Waals surface area contributed by atoms with E-state index in [1.807, 2.05) is 53.4 Å². The molecule has 9 heteroatoms. The number of H-pyrrole nitrogens is 1. The zero-order chi connectivity index (χ0) is 23.5. The number of carbonyl (C=O) groups is 1. The first kappa shape index (κ1) is 21.6. The Morgan fingerprint density at radius 3 is 2.71 bits per heavy atom. The third-order valence-corrected chi connectivity index (χ3v) is 5.80. The van der Waals surface area contributed by atoms with Gasteiger partial charge in [-0.1, -0.05) is 30.8 Å². The first-order chi connectivity index (χ1) is 16.6. The van der Waals surface area contributed by atoms with Crippen LogP contribution in [0, 0.1) is 0 Å². The smallest absolute Gasteiger partial charge is 0.253 e. The predicted octanol–water partition coefficient (Wildman–Crippen LogP) is 3.12. The Morgan fingerprint density at radius 1 is 1.06 bits per heavy atom. The number of nitrogen functional groups attached to an aromatic ring is 1. The van der Waals surface area contributed by atoms with Crippen LogP contribution in [0.3, 0.4) is 0 Å². The molecular weight excluding hydrogens is 428 g/mol. The van der Waals surface area contributed by atoms with Crippen LogP contribution in [0.25, 0.3) is 28.0 Å². The standard InChI is InChI=1S/C25H26N8O/c1-16(29-25-31-19-5-2-3-6-20(19)32-25)22-23(26)28-15-21(30-22)17-7-9-18(10-8-17)24(34)33-13-4-11-27-12-14-33/h2-3,5-10,15,27H,1,4,11-14H2,(H2,26,28)(H2,29,31,32). The molecule has 0 bridgehead atoms. The van der Waals surface area contributed by atoms with Gasteiger partial charge in [-0.2, -0.15) is 0 Å². The zero-order valence-electron chi connectivity index (χ0n) is 18.7. The lowest BCUT2D eigenvalue weighted by Gasteiger charge is -2.20. The molecular formula is C25H26N8O. The lowest BCUT2D eigenvalue weighted by molar-refractivity contribution is 0.0766. The predicted molar refractivity (Wildman–Crippen MR) is 134 cm³/mol. The van der Waals surface area contributed by atoms with Crippen LogP contribution in [-0.2, 0) is 0 Å². The summed E-state index contributed by atoms with van der Waals surface area (Å²) in [6.45, 7) is 7.32. The lowest BCUT2D eigenvalue weighted by atomic mass is 10.1. The number of benzene rings is 2. The highest BCUT2D eigenvalue weighted by Gasteiger charge is 2.17. The number of anilines is 2. The molecule has 0 saturated carbocycles. The maximum absolute atomic E-state index is 12.9. The molecule has 1 aliphatic heterocycles. The Labute approximate surface area is 197 Å². The van der Waals surface area contributed by atoms with Gasteiger partial charge in [0.1, 0.15) is 5.69 Å². The van der Waals surface area contributed by atoms with Crippen molar-refractivity contribution in [3.63, 3.8) is 0 Å². The van der Waals surface area contributed by atoms with Gasteiger partial charge in [-0.05, 0) is 37.2 Å². The number of hydrogen-bond acceptors (Lipinski definition) is 7. The fraction of sp³-hybridized carbons (Fsp3) is 0.200. The molecule has 0 unspecified atom stereocenters. The molecule has 1 amide bonds. The number of fused-ring (bicyclic) bond motifs is 1. The van der Waals surface area contributed by atoms with E-state index in [0.29, 0.717) is 35.1 Å². The van der Waals surface area contributed by atoms with E-state index in [1.165, 1.54) is 0 Å². The number of nitrogens with two attached hydrogens (primary N) is 1. The lowest BCUT2D eigenvalue weighted by Crippen LogP contribution is -2.34. The summed E-state index contributed by atoms with van der Waals surface area (Å²) < 4.78 is 0. The minimum atomic E-state index is 0.0442. The number of aromatic nitrogens is 4. The van der Waals surface area contributed by atoms with Gasteiger partial charge in [0.2, 0.25) is 5.95 Å². The van der Waals surface area contributed by atoms with E-state index in [-0.39, 0.29) is 11.7 Å². The average molecular weight is 455 g/mol. The van der Waals surface area contributed by atoms with E-state index in [1.54, 1.807) is 6.20 Å². The maximum atomic E-state index is 12.9. The topological polar surface area (TPSA) is 125 Å². The number of para-hydroxylation sites is 2. The molecule has 34 heavy (non-hydrogen) atoms.